The van der Waals surface area contributed by atoms with Gasteiger partial charge in [-0.3, -0.25) is 13.8 Å². The Morgan fingerprint density at radius 3 is 2.60 bits per heavy atom. The smallest absolute Gasteiger partial charge is 0.260 e. The zero-order chi connectivity index (χ0) is 14.4. The monoisotopic (exact) mass is 290 g/mol. The summed E-state index contributed by atoms with van der Waals surface area (Å²) in [4.78, 5) is 26.3. The highest BCUT2D eigenvalue weighted by Crippen LogP contribution is 2.04. The quantitative estimate of drug-likeness (QED) is 0.859. The van der Waals surface area contributed by atoms with Crippen molar-refractivity contribution in [2.75, 3.05) is 12.3 Å². The van der Waals surface area contributed by atoms with Crippen LogP contribution in [0.25, 0.3) is 0 Å². The Bertz CT molecular complexity index is 667. The van der Waals surface area contributed by atoms with Gasteiger partial charge < -0.3 is 10.3 Å². The first-order valence-electron chi connectivity index (χ1n) is 6.08. The molecule has 0 aliphatic carbocycles. The van der Waals surface area contributed by atoms with Gasteiger partial charge in [-0.25, -0.2) is 0 Å². The maximum atomic E-state index is 11.9. The third kappa shape index (κ3) is 3.64. The van der Waals surface area contributed by atoms with Gasteiger partial charge in [0, 0.05) is 23.4 Å². The molecule has 0 saturated heterocycles. The van der Waals surface area contributed by atoms with E-state index >= 15 is 0 Å². The van der Waals surface area contributed by atoms with Gasteiger partial charge in [-0.2, -0.15) is 0 Å². The third-order valence-electron chi connectivity index (χ3n) is 2.64. The molecule has 1 heterocycles. The second kappa shape index (κ2) is 6.81. The average Bonchev–Trinajstić information content (AvgIpc) is 2.48. The number of aromatic amines is 1. The average molecular weight is 290 g/mol. The van der Waals surface area contributed by atoms with Crippen molar-refractivity contribution >= 4 is 16.7 Å². The van der Waals surface area contributed by atoms with Crippen molar-refractivity contribution in [2.24, 2.45) is 0 Å². The highest BCUT2D eigenvalue weighted by molar-refractivity contribution is 7.85. The van der Waals surface area contributed by atoms with E-state index in [0.29, 0.717) is 5.75 Å². The molecule has 0 aliphatic rings. The van der Waals surface area contributed by atoms with Gasteiger partial charge in [0.1, 0.15) is 5.56 Å². The van der Waals surface area contributed by atoms with Crippen molar-refractivity contribution in [3.05, 3.63) is 64.6 Å². The Morgan fingerprint density at radius 2 is 1.90 bits per heavy atom. The molecular weight excluding hydrogens is 276 g/mol. The van der Waals surface area contributed by atoms with E-state index in [1.165, 1.54) is 12.3 Å². The fraction of sp³-hybridized carbons (Fsp3) is 0.143. The summed E-state index contributed by atoms with van der Waals surface area (Å²) in [7, 11) is -1.16. The highest BCUT2D eigenvalue weighted by atomic mass is 32.2. The number of carbonyl (C=O) groups excluding carboxylic acids is 1. The largest absolute Gasteiger partial charge is 0.351 e. The first-order chi connectivity index (χ1) is 9.68. The Balaban J connectivity index is 1.88. The topological polar surface area (TPSA) is 79.0 Å². The van der Waals surface area contributed by atoms with Crippen molar-refractivity contribution in [2.45, 2.75) is 4.90 Å². The van der Waals surface area contributed by atoms with E-state index in [-0.39, 0.29) is 12.1 Å². The summed E-state index contributed by atoms with van der Waals surface area (Å²) < 4.78 is 11.9. The summed E-state index contributed by atoms with van der Waals surface area (Å²) in [5.74, 6) is -0.155. The van der Waals surface area contributed by atoms with Crippen LogP contribution in [0.15, 0.2) is 58.4 Å². The molecule has 2 aromatic rings. The van der Waals surface area contributed by atoms with Crippen molar-refractivity contribution in [1.29, 1.82) is 0 Å². The molecule has 6 heteroatoms. The van der Waals surface area contributed by atoms with Gasteiger partial charge in [-0.15, -0.1) is 0 Å². The van der Waals surface area contributed by atoms with Gasteiger partial charge in [-0.05, 0) is 24.3 Å². The lowest BCUT2D eigenvalue weighted by Gasteiger charge is -2.05. The minimum atomic E-state index is -1.16. The number of hydrogen-bond donors (Lipinski definition) is 2. The van der Waals surface area contributed by atoms with Crippen LogP contribution in [-0.2, 0) is 10.8 Å². The third-order valence-corrected chi connectivity index (χ3v) is 4.01. The van der Waals surface area contributed by atoms with Crippen molar-refractivity contribution < 1.29 is 9.00 Å². The van der Waals surface area contributed by atoms with Crippen LogP contribution in [0, 0.1) is 0 Å². The fourth-order valence-electron chi connectivity index (χ4n) is 1.64. The lowest BCUT2D eigenvalue weighted by atomic mass is 10.2. The summed E-state index contributed by atoms with van der Waals surface area (Å²) in [5, 5.41) is 2.59. The van der Waals surface area contributed by atoms with E-state index in [1.54, 1.807) is 18.2 Å². The molecule has 1 aromatic heterocycles. The lowest BCUT2D eigenvalue weighted by molar-refractivity contribution is 0.0954. The number of benzene rings is 1. The lowest BCUT2D eigenvalue weighted by Crippen LogP contribution is -2.32. The number of carbonyl (C=O) groups is 1. The zero-order valence-corrected chi connectivity index (χ0v) is 11.5. The van der Waals surface area contributed by atoms with Crippen LogP contribution >= 0.6 is 0 Å². The van der Waals surface area contributed by atoms with Crippen LogP contribution in [0.1, 0.15) is 10.4 Å². The second-order valence-corrected chi connectivity index (χ2v) is 5.60. The fourth-order valence-corrected chi connectivity index (χ4v) is 2.63. The van der Waals surface area contributed by atoms with Crippen LogP contribution in [0.2, 0.25) is 0 Å². The molecular formula is C14H14N2O3S. The van der Waals surface area contributed by atoms with E-state index in [2.05, 4.69) is 10.3 Å². The van der Waals surface area contributed by atoms with Gasteiger partial charge in [0.15, 0.2) is 0 Å². The molecule has 1 unspecified atom stereocenters. The SMILES string of the molecule is O=C(NCCS(=O)c1ccccc1)c1ccc[nH]c1=O. The summed E-state index contributed by atoms with van der Waals surface area (Å²) in [6.45, 7) is 0.245. The van der Waals surface area contributed by atoms with Gasteiger partial charge in [0.2, 0.25) is 0 Å². The predicted octanol–water partition coefficient (Wildman–Crippen LogP) is 0.912. The van der Waals surface area contributed by atoms with Crippen LogP contribution in [-0.4, -0.2) is 27.4 Å². The van der Waals surface area contributed by atoms with E-state index in [4.69, 9.17) is 0 Å². The molecule has 5 nitrogen and oxygen atoms in total. The number of amides is 1. The van der Waals surface area contributed by atoms with Gasteiger partial charge in [0.25, 0.3) is 11.5 Å². The Hall–Kier alpha value is -2.21. The maximum absolute atomic E-state index is 11.9. The van der Waals surface area contributed by atoms with Gasteiger partial charge in [-0.1, -0.05) is 18.2 Å². The van der Waals surface area contributed by atoms with Crippen molar-refractivity contribution in [1.82, 2.24) is 10.3 Å². The first kappa shape index (κ1) is 14.2. The van der Waals surface area contributed by atoms with Crippen LogP contribution in [0.4, 0.5) is 0 Å². The molecule has 2 N–H and O–H groups in total. The Labute approximate surface area is 118 Å². The number of pyridine rings is 1. The van der Waals surface area contributed by atoms with E-state index < -0.39 is 22.3 Å². The number of nitrogens with one attached hydrogen (secondary N) is 2. The van der Waals surface area contributed by atoms with Crippen molar-refractivity contribution in [3.63, 3.8) is 0 Å². The molecule has 1 atom stereocenters. The van der Waals surface area contributed by atoms with E-state index in [9.17, 15) is 13.8 Å². The highest BCUT2D eigenvalue weighted by Gasteiger charge is 2.09. The molecule has 1 amide bonds. The summed E-state index contributed by atoms with van der Waals surface area (Å²) in [5.41, 5.74) is -0.382. The van der Waals surface area contributed by atoms with Crippen LogP contribution in [0.5, 0.6) is 0 Å². The first-order valence-corrected chi connectivity index (χ1v) is 7.39. The minimum absolute atomic E-state index is 0.0537. The molecule has 104 valence electrons. The van der Waals surface area contributed by atoms with Gasteiger partial charge >= 0.3 is 0 Å². The van der Waals surface area contributed by atoms with Crippen LogP contribution in [0.3, 0.4) is 0 Å². The normalized spacial score (nSPS) is 11.8. The molecule has 0 spiro atoms. The molecule has 20 heavy (non-hydrogen) atoms. The molecule has 0 fully saturated rings. The molecule has 0 bridgehead atoms. The molecule has 2 rings (SSSR count). The summed E-state index contributed by atoms with van der Waals surface area (Å²) in [6, 6.07) is 12.1. The van der Waals surface area contributed by atoms with E-state index in [0.717, 1.165) is 4.90 Å². The zero-order valence-electron chi connectivity index (χ0n) is 10.7. The van der Waals surface area contributed by atoms with E-state index in [1.807, 2.05) is 18.2 Å². The number of rotatable bonds is 5. The maximum Gasteiger partial charge on any atom is 0.260 e. The second-order valence-electron chi connectivity index (χ2n) is 4.03. The number of aromatic nitrogens is 1. The molecule has 0 radical (unpaired) electrons. The standard InChI is InChI=1S/C14H14N2O3S/c17-13-12(7-4-8-15-13)14(18)16-9-10-20(19)11-5-2-1-3-6-11/h1-8H,9-10H2,(H,15,17)(H,16,18). The Kier molecular flexibility index (Phi) is 4.84. The summed E-state index contributed by atoms with van der Waals surface area (Å²) >= 11 is 0. The molecule has 0 aliphatic heterocycles. The predicted molar refractivity (Wildman–Crippen MR) is 77.1 cm³/mol. The number of H-pyrrole nitrogens is 1. The van der Waals surface area contributed by atoms with Crippen LogP contribution < -0.4 is 10.9 Å². The summed E-state index contributed by atoms with van der Waals surface area (Å²) in [6.07, 6.45) is 1.46. The van der Waals surface area contributed by atoms with Crippen molar-refractivity contribution in [3.8, 4) is 0 Å². The molecule has 0 saturated carbocycles. The Morgan fingerprint density at radius 1 is 1.15 bits per heavy atom. The minimum Gasteiger partial charge on any atom is -0.351 e. The molecule has 1 aromatic carbocycles. The van der Waals surface area contributed by atoms with Gasteiger partial charge in [0.05, 0.1) is 10.8 Å². The number of hydrogen-bond acceptors (Lipinski definition) is 3.